The molecule has 0 spiro atoms. The number of hydrogen-bond acceptors (Lipinski definition) is 4. The van der Waals surface area contributed by atoms with Gasteiger partial charge in [0, 0.05) is 27.2 Å². The minimum Gasteiger partial charge on any atom is -0.347 e. The van der Waals surface area contributed by atoms with Gasteiger partial charge in [0.15, 0.2) is 5.16 Å². The van der Waals surface area contributed by atoms with E-state index < -0.39 is 0 Å². The first kappa shape index (κ1) is 18.8. The molecule has 1 fully saturated rings. The Hall–Kier alpha value is -2.02. The molecule has 1 aromatic heterocycles. The summed E-state index contributed by atoms with van der Waals surface area (Å²) in [5.74, 6) is 1.08. The summed E-state index contributed by atoms with van der Waals surface area (Å²) in [6.07, 6.45) is 2.27. The molecule has 1 atom stereocenters. The highest BCUT2D eigenvalue weighted by molar-refractivity contribution is 7.99. The lowest BCUT2D eigenvalue weighted by Gasteiger charge is -2.30. The summed E-state index contributed by atoms with van der Waals surface area (Å²) in [6.45, 7) is 4.11. The second kappa shape index (κ2) is 8.12. The molecule has 2 aromatic rings. The van der Waals surface area contributed by atoms with Crippen molar-refractivity contribution in [1.82, 2.24) is 19.4 Å². The van der Waals surface area contributed by atoms with E-state index in [-0.39, 0.29) is 18.4 Å². The molecular weight excluding hydrogens is 348 g/mol. The molecule has 140 valence electrons. The number of likely N-dealkylation sites (N-methyl/N-ethyl adjacent to an activating group) is 1. The van der Waals surface area contributed by atoms with Crippen LogP contribution in [0.1, 0.15) is 19.8 Å². The van der Waals surface area contributed by atoms with Gasteiger partial charge in [0.25, 0.3) is 0 Å². The van der Waals surface area contributed by atoms with Crippen LogP contribution in [0.4, 0.5) is 0 Å². The average molecular weight is 375 g/mol. The topological polar surface area (TPSA) is 58.4 Å². The molecule has 0 bridgehead atoms. The van der Waals surface area contributed by atoms with Crippen LogP contribution in [-0.2, 0) is 16.1 Å². The highest BCUT2D eigenvalue weighted by Crippen LogP contribution is 2.25. The molecule has 0 aliphatic carbocycles. The normalized spacial score (nSPS) is 17.5. The number of likely N-dealkylation sites (tertiary alicyclic amines) is 1. The van der Waals surface area contributed by atoms with E-state index in [1.165, 1.54) is 18.2 Å². The zero-order valence-corrected chi connectivity index (χ0v) is 16.5. The van der Waals surface area contributed by atoms with Crippen LogP contribution in [0.3, 0.4) is 0 Å². The van der Waals surface area contributed by atoms with E-state index in [0.717, 1.165) is 35.7 Å². The average Bonchev–Trinajstić information content (AvgIpc) is 2.97. The Bertz CT molecular complexity index is 802. The number of carbonyl (C=O) groups excluding carboxylic acids is 2. The van der Waals surface area contributed by atoms with E-state index in [9.17, 15) is 9.59 Å². The molecule has 1 aromatic carbocycles. The van der Waals surface area contributed by atoms with E-state index in [1.54, 1.807) is 19.0 Å². The Morgan fingerprint density at radius 1 is 1.31 bits per heavy atom. The summed E-state index contributed by atoms with van der Waals surface area (Å²) < 4.78 is 1.91. The number of piperidine rings is 1. The van der Waals surface area contributed by atoms with Crippen molar-refractivity contribution in [3.05, 3.63) is 24.3 Å². The van der Waals surface area contributed by atoms with Crippen LogP contribution >= 0.6 is 11.8 Å². The zero-order valence-electron chi connectivity index (χ0n) is 15.6. The van der Waals surface area contributed by atoms with Crippen LogP contribution in [0.15, 0.2) is 29.4 Å². The molecule has 2 heterocycles. The molecule has 3 rings (SSSR count). The van der Waals surface area contributed by atoms with Gasteiger partial charge in [-0.3, -0.25) is 9.59 Å². The summed E-state index contributed by atoms with van der Waals surface area (Å²) in [7, 11) is 3.49. The standard InChI is InChI=1S/C19H26N4O2S/c1-14-7-6-10-22(11-14)18(25)13-26-19-20-15-8-4-5-9-16(15)23(19)12-17(24)21(2)3/h4-5,8-9,14H,6-7,10-13H2,1-3H3/t14-/m0/s1. The second-order valence-electron chi connectivity index (χ2n) is 7.13. The van der Waals surface area contributed by atoms with Crippen molar-refractivity contribution in [2.45, 2.75) is 31.5 Å². The molecular formula is C19H26N4O2S. The van der Waals surface area contributed by atoms with Gasteiger partial charge in [0.2, 0.25) is 11.8 Å². The predicted molar refractivity (Wildman–Crippen MR) is 104 cm³/mol. The van der Waals surface area contributed by atoms with Gasteiger partial charge in [0.1, 0.15) is 6.54 Å². The van der Waals surface area contributed by atoms with E-state index >= 15 is 0 Å². The molecule has 0 unspecified atom stereocenters. The van der Waals surface area contributed by atoms with Gasteiger partial charge in [-0.15, -0.1) is 0 Å². The number of fused-ring (bicyclic) bond motifs is 1. The summed E-state index contributed by atoms with van der Waals surface area (Å²) in [4.78, 5) is 33.0. The zero-order chi connectivity index (χ0) is 18.7. The molecule has 6 nitrogen and oxygen atoms in total. The van der Waals surface area contributed by atoms with Crippen LogP contribution < -0.4 is 0 Å². The molecule has 1 aliphatic heterocycles. The molecule has 0 N–H and O–H groups in total. The van der Waals surface area contributed by atoms with Crippen molar-refractivity contribution >= 4 is 34.6 Å². The van der Waals surface area contributed by atoms with Crippen LogP contribution in [0.25, 0.3) is 11.0 Å². The van der Waals surface area contributed by atoms with Crippen molar-refractivity contribution in [2.24, 2.45) is 5.92 Å². The van der Waals surface area contributed by atoms with Gasteiger partial charge < -0.3 is 14.4 Å². The van der Waals surface area contributed by atoms with Gasteiger partial charge in [-0.2, -0.15) is 0 Å². The molecule has 0 radical (unpaired) electrons. The number of benzene rings is 1. The Morgan fingerprint density at radius 2 is 2.08 bits per heavy atom. The molecule has 1 saturated heterocycles. The lowest BCUT2D eigenvalue weighted by molar-refractivity contribution is -0.130. The number of imidazole rings is 1. The Balaban J connectivity index is 1.76. The third-order valence-corrected chi connectivity index (χ3v) is 5.71. The maximum Gasteiger partial charge on any atom is 0.242 e. The third kappa shape index (κ3) is 4.20. The number of hydrogen-bond donors (Lipinski definition) is 0. The van der Waals surface area contributed by atoms with Crippen LogP contribution in [0.5, 0.6) is 0 Å². The van der Waals surface area contributed by atoms with Crippen molar-refractivity contribution in [3.8, 4) is 0 Å². The maximum absolute atomic E-state index is 12.6. The summed E-state index contributed by atoms with van der Waals surface area (Å²) in [6, 6.07) is 7.77. The molecule has 26 heavy (non-hydrogen) atoms. The number of amides is 2. The van der Waals surface area contributed by atoms with Crippen LogP contribution in [0.2, 0.25) is 0 Å². The van der Waals surface area contributed by atoms with Crippen molar-refractivity contribution in [2.75, 3.05) is 32.9 Å². The van der Waals surface area contributed by atoms with Crippen molar-refractivity contribution in [1.29, 1.82) is 0 Å². The summed E-state index contributed by atoms with van der Waals surface area (Å²) >= 11 is 1.42. The van der Waals surface area contributed by atoms with Crippen molar-refractivity contribution in [3.63, 3.8) is 0 Å². The van der Waals surface area contributed by atoms with Crippen LogP contribution in [0, 0.1) is 5.92 Å². The number of carbonyl (C=O) groups is 2. The second-order valence-corrected chi connectivity index (χ2v) is 8.08. The lowest BCUT2D eigenvalue weighted by atomic mass is 10.0. The summed E-state index contributed by atoms with van der Waals surface area (Å²) in [5, 5.41) is 0.722. The van der Waals surface area contributed by atoms with Gasteiger partial charge in [-0.05, 0) is 30.9 Å². The number of para-hydroxylation sites is 2. The van der Waals surface area contributed by atoms with E-state index in [4.69, 9.17) is 0 Å². The maximum atomic E-state index is 12.6. The number of aromatic nitrogens is 2. The third-order valence-electron chi connectivity index (χ3n) is 4.75. The lowest BCUT2D eigenvalue weighted by Crippen LogP contribution is -2.40. The Labute approximate surface area is 158 Å². The molecule has 2 amide bonds. The number of thioether (sulfide) groups is 1. The predicted octanol–water partition coefficient (Wildman–Crippen LogP) is 2.48. The quantitative estimate of drug-likeness (QED) is 0.755. The minimum atomic E-state index is 0.00573. The van der Waals surface area contributed by atoms with Gasteiger partial charge in [0.05, 0.1) is 16.8 Å². The minimum absolute atomic E-state index is 0.00573. The van der Waals surface area contributed by atoms with Gasteiger partial charge in [-0.1, -0.05) is 30.8 Å². The number of nitrogens with zero attached hydrogens (tertiary/aromatic N) is 4. The fraction of sp³-hybridized carbons (Fsp3) is 0.526. The van der Waals surface area contributed by atoms with Gasteiger partial charge in [-0.25, -0.2) is 4.98 Å². The highest BCUT2D eigenvalue weighted by Gasteiger charge is 2.22. The van der Waals surface area contributed by atoms with Crippen molar-refractivity contribution < 1.29 is 9.59 Å². The largest absolute Gasteiger partial charge is 0.347 e. The molecule has 1 aliphatic rings. The number of rotatable bonds is 5. The Morgan fingerprint density at radius 3 is 2.81 bits per heavy atom. The van der Waals surface area contributed by atoms with Crippen LogP contribution in [-0.4, -0.2) is 64.1 Å². The van der Waals surface area contributed by atoms with Gasteiger partial charge >= 0.3 is 0 Å². The van der Waals surface area contributed by atoms with E-state index in [1.807, 2.05) is 33.7 Å². The molecule has 7 heteroatoms. The molecule has 0 saturated carbocycles. The summed E-state index contributed by atoms with van der Waals surface area (Å²) in [5.41, 5.74) is 1.77. The highest BCUT2D eigenvalue weighted by atomic mass is 32.2. The fourth-order valence-electron chi connectivity index (χ4n) is 3.23. The smallest absolute Gasteiger partial charge is 0.242 e. The SMILES string of the molecule is C[C@H]1CCCN(C(=O)CSc2nc3ccccc3n2CC(=O)N(C)C)C1. The monoisotopic (exact) mass is 374 g/mol. The first-order chi connectivity index (χ1) is 12.5. The first-order valence-electron chi connectivity index (χ1n) is 9.01. The first-order valence-corrected chi connectivity index (χ1v) is 10.00. The van der Waals surface area contributed by atoms with E-state index in [0.29, 0.717) is 11.7 Å². The fourth-order valence-corrected chi connectivity index (χ4v) is 4.14. The van der Waals surface area contributed by atoms with E-state index in [2.05, 4.69) is 11.9 Å². The Kier molecular flexibility index (Phi) is 5.86.